The van der Waals surface area contributed by atoms with Gasteiger partial charge in [0.05, 0.1) is 11.8 Å². The standard InChI is InChI=1S/C17H18N4O2S/c1-2-6-13-11-15(22)20-17(19-13)24-12-16(23)21(10-9-18)14-7-4-3-5-8-14/h3-5,7-8,11H,2,6,10,12H2,1H3,(H,19,20,22). The fraction of sp³-hybridized carbons (Fsp3) is 0.294. The van der Waals surface area contributed by atoms with Gasteiger partial charge in [-0.05, 0) is 18.6 Å². The van der Waals surface area contributed by atoms with E-state index in [1.807, 2.05) is 31.2 Å². The van der Waals surface area contributed by atoms with Crippen molar-refractivity contribution in [3.05, 3.63) is 52.4 Å². The molecule has 0 saturated carbocycles. The van der Waals surface area contributed by atoms with Gasteiger partial charge in [-0.3, -0.25) is 14.5 Å². The maximum absolute atomic E-state index is 12.4. The van der Waals surface area contributed by atoms with Gasteiger partial charge in [0.2, 0.25) is 5.91 Å². The van der Waals surface area contributed by atoms with E-state index in [2.05, 4.69) is 9.97 Å². The molecule has 6 nitrogen and oxygen atoms in total. The van der Waals surface area contributed by atoms with E-state index < -0.39 is 0 Å². The van der Waals surface area contributed by atoms with E-state index in [9.17, 15) is 9.59 Å². The molecule has 0 bridgehead atoms. The molecule has 1 aromatic heterocycles. The molecule has 0 atom stereocenters. The third-order valence-corrected chi connectivity index (χ3v) is 4.07. The van der Waals surface area contributed by atoms with Crippen LogP contribution < -0.4 is 10.5 Å². The minimum absolute atomic E-state index is 0.0246. The van der Waals surface area contributed by atoms with E-state index in [1.165, 1.54) is 11.0 Å². The topological polar surface area (TPSA) is 89.9 Å². The predicted molar refractivity (Wildman–Crippen MR) is 94.0 cm³/mol. The number of anilines is 1. The molecule has 0 spiro atoms. The average molecular weight is 342 g/mol. The lowest BCUT2D eigenvalue weighted by atomic mass is 10.2. The molecule has 1 heterocycles. The van der Waals surface area contributed by atoms with Gasteiger partial charge >= 0.3 is 0 Å². The largest absolute Gasteiger partial charge is 0.301 e. The number of aryl methyl sites for hydroxylation is 1. The Bertz CT molecular complexity index is 783. The molecule has 1 N–H and O–H groups in total. The average Bonchev–Trinajstić information content (AvgIpc) is 2.58. The molecule has 0 saturated heterocycles. The van der Waals surface area contributed by atoms with Crippen LogP contribution in [0.25, 0.3) is 0 Å². The zero-order chi connectivity index (χ0) is 17.4. The highest BCUT2D eigenvalue weighted by atomic mass is 32.2. The lowest BCUT2D eigenvalue weighted by Gasteiger charge is -2.19. The molecule has 0 fully saturated rings. The summed E-state index contributed by atoms with van der Waals surface area (Å²) in [6, 6.07) is 12.5. The van der Waals surface area contributed by atoms with Crippen LogP contribution in [0.1, 0.15) is 19.0 Å². The third-order valence-electron chi connectivity index (χ3n) is 3.21. The molecule has 124 valence electrons. The number of para-hydroxylation sites is 1. The maximum atomic E-state index is 12.4. The van der Waals surface area contributed by atoms with Crippen LogP contribution >= 0.6 is 11.8 Å². The highest BCUT2D eigenvalue weighted by Gasteiger charge is 2.16. The summed E-state index contributed by atoms with van der Waals surface area (Å²) in [4.78, 5) is 32.5. The van der Waals surface area contributed by atoms with Crippen LogP contribution in [0.3, 0.4) is 0 Å². The zero-order valence-corrected chi connectivity index (χ0v) is 14.2. The second kappa shape index (κ2) is 8.89. The molecule has 7 heteroatoms. The second-order valence-electron chi connectivity index (χ2n) is 5.05. The SMILES string of the molecule is CCCc1cc(=O)[nH]c(SCC(=O)N(CC#N)c2ccccc2)n1. The van der Waals surface area contributed by atoms with Gasteiger partial charge in [0, 0.05) is 17.4 Å². The molecule has 0 unspecified atom stereocenters. The van der Waals surface area contributed by atoms with Gasteiger partial charge in [0.25, 0.3) is 5.56 Å². The molecule has 1 aromatic carbocycles. The number of aromatic amines is 1. The second-order valence-corrected chi connectivity index (χ2v) is 6.02. The van der Waals surface area contributed by atoms with Gasteiger partial charge in [0.15, 0.2) is 5.16 Å². The molecule has 2 aromatic rings. The van der Waals surface area contributed by atoms with Gasteiger partial charge in [-0.1, -0.05) is 43.3 Å². The number of aromatic nitrogens is 2. The first-order valence-electron chi connectivity index (χ1n) is 7.59. The summed E-state index contributed by atoms with van der Waals surface area (Å²) < 4.78 is 0. The van der Waals surface area contributed by atoms with Crippen LogP contribution in [0.5, 0.6) is 0 Å². The molecular formula is C17H18N4O2S. The van der Waals surface area contributed by atoms with Gasteiger partial charge in [-0.15, -0.1) is 0 Å². The summed E-state index contributed by atoms with van der Waals surface area (Å²) in [7, 11) is 0. The number of nitrogens with zero attached hydrogens (tertiary/aromatic N) is 3. The van der Waals surface area contributed by atoms with Crippen LogP contribution in [-0.4, -0.2) is 28.2 Å². The lowest BCUT2D eigenvalue weighted by Crippen LogP contribution is -2.32. The van der Waals surface area contributed by atoms with Crippen molar-refractivity contribution in [3.8, 4) is 6.07 Å². The first-order valence-corrected chi connectivity index (χ1v) is 8.58. The predicted octanol–water partition coefficient (Wildman–Crippen LogP) is 2.37. The molecule has 1 amide bonds. The molecule has 2 rings (SSSR count). The number of nitriles is 1. The number of rotatable bonds is 7. The fourth-order valence-electron chi connectivity index (χ4n) is 2.15. The molecule has 0 aliphatic heterocycles. The summed E-state index contributed by atoms with van der Waals surface area (Å²) in [6.07, 6.45) is 1.61. The zero-order valence-electron chi connectivity index (χ0n) is 13.4. The molecule has 0 aliphatic rings. The monoisotopic (exact) mass is 342 g/mol. The summed E-state index contributed by atoms with van der Waals surface area (Å²) in [5, 5.41) is 9.37. The van der Waals surface area contributed by atoms with Crippen molar-refractivity contribution in [1.82, 2.24) is 9.97 Å². The van der Waals surface area contributed by atoms with E-state index in [0.717, 1.165) is 24.6 Å². The summed E-state index contributed by atoms with van der Waals surface area (Å²) in [6.45, 7) is 1.99. The van der Waals surface area contributed by atoms with Crippen molar-refractivity contribution in [2.24, 2.45) is 0 Å². The Balaban J connectivity index is 2.08. The third kappa shape index (κ3) is 4.96. The van der Waals surface area contributed by atoms with E-state index in [4.69, 9.17) is 5.26 Å². The Hall–Kier alpha value is -2.59. The van der Waals surface area contributed by atoms with Crippen LogP contribution in [0.15, 0.2) is 46.3 Å². The number of hydrogen-bond donors (Lipinski definition) is 1. The Kier molecular flexibility index (Phi) is 6.58. The first-order chi connectivity index (χ1) is 11.6. The number of carbonyl (C=O) groups excluding carboxylic acids is 1. The Morgan fingerprint density at radius 2 is 2.12 bits per heavy atom. The van der Waals surface area contributed by atoms with E-state index in [0.29, 0.717) is 16.5 Å². The van der Waals surface area contributed by atoms with Crippen LogP contribution in [0.2, 0.25) is 0 Å². The minimum atomic E-state index is -0.222. The molecular weight excluding hydrogens is 324 g/mol. The first kappa shape index (κ1) is 17.8. The van der Waals surface area contributed by atoms with Crippen molar-refractivity contribution >= 4 is 23.4 Å². The smallest absolute Gasteiger partial charge is 0.251 e. The number of carbonyl (C=O) groups is 1. The Morgan fingerprint density at radius 3 is 2.79 bits per heavy atom. The van der Waals surface area contributed by atoms with Gasteiger partial charge in [-0.2, -0.15) is 5.26 Å². The van der Waals surface area contributed by atoms with Crippen molar-refractivity contribution in [3.63, 3.8) is 0 Å². The van der Waals surface area contributed by atoms with E-state index in [-0.39, 0.29) is 23.8 Å². The fourth-order valence-corrected chi connectivity index (χ4v) is 2.92. The number of amides is 1. The van der Waals surface area contributed by atoms with Crippen LogP contribution in [0.4, 0.5) is 5.69 Å². The van der Waals surface area contributed by atoms with Gasteiger partial charge < -0.3 is 4.98 Å². The Morgan fingerprint density at radius 1 is 1.38 bits per heavy atom. The number of hydrogen-bond acceptors (Lipinski definition) is 5. The van der Waals surface area contributed by atoms with E-state index in [1.54, 1.807) is 12.1 Å². The number of nitrogens with one attached hydrogen (secondary N) is 1. The molecule has 0 radical (unpaired) electrons. The normalized spacial score (nSPS) is 10.2. The molecule has 24 heavy (non-hydrogen) atoms. The minimum Gasteiger partial charge on any atom is -0.301 e. The quantitative estimate of drug-likeness (QED) is 0.474. The van der Waals surface area contributed by atoms with E-state index >= 15 is 0 Å². The summed E-state index contributed by atoms with van der Waals surface area (Å²) in [5.41, 5.74) is 1.17. The van der Waals surface area contributed by atoms with Gasteiger partial charge in [0.1, 0.15) is 6.54 Å². The molecule has 0 aliphatic carbocycles. The maximum Gasteiger partial charge on any atom is 0.251 e. The highest BCUT2D eigenvalue weighted by molar-refractivity contribution is 7.99. The van der Waals surface area contributed by atoms with Crippen molar-refractivity contribution in [2.45, 2.75) is 24.9 Å². The van der Waals surface area contributed by atoms with Crippen LogP contribution in [0, 0.1) is 11.3 Å². The van der Waals surface area contributed by atoms with Crippen molar-refractivity contribution in [1.29, 1.82) is 5.26 Å². The van der Waals surface area contributed by atoms with Crippen LogP contribution in [-0.2, 0) is 11.2 Å². The van der Waals surface area contributed by atoms with Crippen molar-refractivity contribution < 1.29 is 4.79 Å². The van der Waals surface area contributed by atoms with Crippen molar-refractivity contribution in [2.75, 3.05) is 17.2 Å². The highest BCUT2D eigenvalue weighted by Crippen LogP contribution is 2.17. The number of thioether (sulfide) groups is 1. The Labute approximate surface area is 144 Å². The summed E-state index contributed by atoms with van der Waals surface area (Å²) in [5.74, 6) is -0.119. The number of benzene rings is 1. The lowest BCUT2D eigenvalue weighted by molar-refractivity contribution is -0.116. The number of H-pyrrole nitrogens is 1. The van der Waals surface area contributed by atoms with Gasteiger partial charge in [-0.25, -0.2) is 4.98 Å². The summed E-state index contributed by atoms with van der Waals surface area (Å²) >= 11 is 1.16.